The van der Waals surface area contributed by atoms with Crippen LogP contribution >= 0.6 is 0 Å². The monoisotopic (exact) mass is 260 g/mol. The summed E-state index contributed by atoms with van der Waals surface area (Å²) in [5, 5.41) is 12.4. The lowest BCUT2D eigenvalue weighted by molar-refractivity contribution is 0.122. The number of aliphatic imine (C=N–C) groups is 1. The number of likely N-dealkylation sites (tertiary alicyclic amines) is 1. The van der Waals surface area contributed by atoms with Crippen molar-refractivity contribution in [3.8, 4) is 0 Å². The predicted molar refractivity (Wildman–Crippen MR) is 72.4 cm³/mol. The van der Waals surface area contributed by atoms with Crippen LogP contribution in [-0.2, 0) is 0 Å². The molecule has 1 fully saturated rings. The van der Waals surface area contributed by atoms with E-state index in [2.05, 4.69) is 10.3 Å². The van der Waals surface area contributed by atoms with E-state index >= 15 is 0 Å². The van der Waals surface area contributed by atoms with Crippen LogP contribution in [0.15, 0.2) is 29.3 Å². The molecule has 2 aliphatic heterocycles. The van der Waals surface area contributed by atoms with E-state index in [0.29, 0.717) is 31.8 Å². The number of piperidine rings is 1. The van der Waals surface area contributed by atoms with E-state index in [1.54, 1.807) is 0 Å². The number of hydrogen-bond acceptors (Lipinski definition) is 4. The summed E-state index contributed by atoms with van der Waals surface area (Å²) in [6.07, 6.45) is 0.394. The van der Waals surface area contributed by atoms with Crippen molar-refractivity contribution in [1.29, 1.82) is 0 Å². The van der Waals surface area contributed by atoms with Crippen LogP contribution in [0.5, 0.6) is 0 Å². The van der Waals surface area contributed by atoms with Gasteiger partial charge in [-0.25, -0.2) is 9.79 Å². The number of benzene rings is 1. The van der Waals surface area contributed by atoms with E-state index < -0.39 is 11.8 Å². The van der Waals surface area contributed by atoms with Crippen LogP contribution in [0.4, 0.5) is 10.5 Å². The molecule has 0 atom stereocenters. The first-order valence-corrected chi connectivity index (χ1v) is 6.30. The lowest BCUT2D eigenvalue weighted by Gasteiger charge is -2.41. The number of carbonyl (C=O) groups is 1. The topological polar surface area (TPSA) is 91.0 Å². The number of anilines is 1. The molecule has 2 heterocycles. The van der Waals surface area contributed by atoms with E-state index in [1.807, 2.05) is 24.3 Å². The summed E-state index contributed by atoms with van der Waals surface area (Å²) in [7, 11) is 0. The lowest BCUT2D eigenvalue weighted by atomic mass is 9.94. The molecule has 0 unspecified atom stereocenters. The number of nitrogens with zero attached hydrogens (tertiary/aromatic N) is 2. The zero-order valence-electron chi connectivity index (χ0n) is 10.5. The number of carboxylic acid groups (broad SMARTS) is 1. The predicted octanol–water partition coefficient (Wildman–Crippen LogP) is 1.29. The van der Waals surface area contributed by atoms with Gasteiger partial charge in [0.25, 0.3) is 0 Å². The molecule has 1 amide bonds. The van der Waals surface area contributed by atoms with Crippen molar-refractivity contribution in [2.24, 2.45) is 10.7 Å². The Morgan fingerprint density at radius 3 is 2.74 bits per heavy atom. The van der Waals surface area contributed by atoms with Gasteiger partial charge in [-0.15, -0.1) is 0 Å². The Morgan fingerprint density at radius 1 is 1.37 bits per heavy atom. The number of amides is 1. The first-order valence-electron chi connectivity index (χ1n) is 6.30. The minimum atomic E-state index is -0.872. The summed E-state index contributed by atoms with van der Waals surface area (Å²) < 4.78 is 0. The number of para-hydroxylation sites is 1. The van der Waals surface area contributed by atoms with Gasteiger partial charge >= 0.3 is 6.09 Å². The van der Waals surface area contributed by atoms with Crippen LogP contribution in [0.2, 0.25) is 0 Å². The van der Waals surface area contributed by atoms with Crippen molar-refractivity contribution in [1.82, 2.24) is 4.90 Å². The van der Waals surface area contributed by atoms with Crippen molar-refractivity contribution in [2.75, 3.05) is 18.4 Å². The Balaban J connectivity index is 1.86. The quantitative estimate of drug-likeness (QED) is 0.655. The van der Waals surface area contributed by atoms with Gasteiger partial charge in [-0.05, 0) is 12.1 Å². The summed E-state index contributed by atoms with van der Waals surface area (Å²) >= 11 is 0. The molecule has 0 aliphatic carbocycles. The van der Waals surface area contributed by atoms with Crippen LogP contribution in [-0.4, -0.2) is 40.7 Å². The minimum absolute atomic E-state index is 0.454. The third-order valence-corrected chi connectivity index (χ3v) is 3.77. The highest BCUT2D eigenvalue weighted by atomic mass is 16.4. The largest absolute Gasteiger partial charge is 0.465 e. The van der Waals surface area contributed by atoms with Gasteiger partial charge < -0.3 is 21.1 Å². The molecule has 1 saturated heterocycles. The summed E-state index contributed by atoms with van der Waals surface area (Å²) in [5.41, 5.74) is 7.45. The normalized spacial score (nSPS) is 20.4. The third kappa shape index (κ3) is 1.99. The molecule has 2 aliphatic rings. The standard InChI is InChI=1S/C13H16N4O2/c14-11-9-3-1-2-4-10(9)15-13(16-11)5-7-17(8-6-13)12(18)19/h1-4,15H,5-8H2,(H2,14,16)(H,18,19). The fourth-order valence-corrected chi connectivity index (χ4v) is 2.69. The molecule has 4 N–H and O–H groups in total. The lowest BCUT2D eigenvalue weighted by Crippen LogP contribution is -2.52. The van der Waals surface area contributed by atoms with Gasteiger partial charge in [-0.3, -0.25) is 0 Å². The molecule has 0 bridgehead atoms. The van der Waals surface area contributed by atoms with Gasteiger partial charge in [0.1, 0.15) is 11.5 Å². The van der Waals surface area contributed by atoms with Crippen LogP contribution in [0.1, 0.15) is 18.4 Å². The Morgan fingerprint density at radius 2 is 2.05 bits per heavy atom. The molecule has 1 aromatic carbocycles. The highest BCUT2D eigenvalue weighted by Crippen LogP contribution is 2.33. The van der Waals surface area contributed by atoms with Gasteiger partial charge in [0.2, 0.25) is 0 Å². The highest BCUT2D eigenvalue weighted by molar-refractivity contribution is 6.04. The van der Waals surface area contributed by atoms with E-state index in [-0.39, 0.29) is 0 Å². The summed E-state index contributed by atoms with van der Waals surface area (Å²) in [6, 6.07) is 7.78. The molecule has 19 heavy (non-hydrogen) atoms. The number of nitrogens with two attached hydrogens (primary N) is 1. The van der Waals surface area contributed by atoms with Crippen molar-refractivity contribution < 1.29 is 9.90 Å². The molecule has 0 radical (unpaired) electrons. The minimum Gasteiger partial charge on any atom is -0.465 e. The molecular weight excluding hydrogens is 244 g/mol. The highest BCUT2D eigenvalue weighted by Gasteiger charge is 2.38. The van der Waals surface area contributed by atoms with Crippen LogP contribution in [0, 0.1) is 0 Å². The van der Waals surface area contributed by atoms with Crippen molar-refractivity contribution in [3.63, 3.8) is 0 Å². The number of nitrogens with one attached hydrogen (secondary N) is 1. The maximum atomic E-state index is 10.9. The summed E-state index contributed by atoms with van der Waals surface area (Å²) in [4.78, 5) is 16.9. The maximum absolute atomic E-state index is 10.9. The Kier molecular flexibility index (Phi) is 2.58. The zero-order valence-corrected chi connectivity index (χ0v) is 10.5. The van der Waals surface area contributed by atoms with Crippen LogP contribution in [0.25, 0.3) is 0 Å². The SMILES string of the molecule is NC1=NC2(CCN(C(=O)O)CC2)Nc2ccccc21. The number of hydrogen-bond donors (Lipinski definition) is 3. The second-order valence-electron chi connectivity index (χ2n) is 4.97. The summed E-state index contributed by atoms with van der Waals surface area (Å²) in [5.74, 6) is 0.526. The number of amidine groups is 1. The fraction of sp³-hybridized carbons (Fsp3) is 0.385. The van der Waals surface area contributed by atoms with Crippen LogP contribution in [0.3, 0.4) is 0 Å². The smallest absolute Gasteiger partial charge is 0.407 e. The number of fused-ring (bicyclic) bond motifs is 1. The van der Waals surface area contributed by atoms with E-state index in [1.165, 1.54) is 4.90 Å². The first-order chi connectivity index (χ1) is 9.10. The van der Waals surface area contributed by atoms with E-state index in [0.717, 1.165) is 11.3 Å². The van der Waals surface area contributed by atoms with Gasteiger partial charge in [-0.2, -0.15) is 0 Å². The average Bonchev–Trinajstić information content (AvgIpc) is 2.39. The Hall–Kier alpha value is -2.24. The van der Waals surface area contributed by atoms with E-state index in [9.17, 15) is 4.79 Å². The van der Waals surface area contributed by atoms with Gasteiger partial charge in [0.05, 0.1) is 0 Å². The molecule has 100 valence electrons. The van der Waals surface area contributed by atoms with Gasteiger partial charge in [0.15, 0.2) is 0 Å². The van der Waals surface area contributed by atoms with E-state index in [4.69, 9.17) is 10.8 Å². The third-order valence-electron chi connectivity index (χ3n) is 3.77. The Bertz CT molecular complexity index is 547. The van der Waals surface area contributed by atoms with Crippen molar-refractivity contribution in [2.45, 2.75) is 18.5 Å². The number of rotatable bonds is 0. The Labute approximate surface area is 110 Å². The molecule has 6 heteroatoms. The average molecular weight is 260 g/mol. The zero-order chi connectivity index (χ0) is 13.5. The molecule has 1 aromatic rings. The summed E-state index contributed by atoms with van der Waals surface area (Å²) in [6.45, 7) is 0.947. The van der Waals surface area contributed by atoms with Crippen LogP contribution < -0.4 is 11.1 Å². The second-order valence-corrected chi connectivity index (χ2v) is 4.97. The fourth-order valence-electron chi connectivity index (χ4n) is 2.69. The molecule has 1 spiro atoms. The molecular formula is C13H16N4O2. The van der Waals surface area contributed by atoms with Gasteiger partial charge in [-0.1, -0.05) is 12.1 Å². The maximum Gasteiger partial charge on any atom is 0.407 e. The van der Waals surface area contributed by atoms with Crippen molar-refractivity contribution >= 4 is 17.6 Å². The first kappa shape index (κ1) is 11.8. The molecule has 3 rings (SSSR count). The molecule has 0 saturated carbocycles. The molecule has 6 nitrogen and oxygen atoms in total. The second kappa shape index (κ2) is 4.15. The van der Waals surface area contributed by atoms with Gasteiger partial charge in [0, 0.05) is 37.2 Å². The van der Waals surface area contributed by atoms with Crippen molar-refractivity contribution in [3.05, 3.63) is 29.8 Å². The molecule has 0 aromatic heterocycles.